The molecule has 0 rings (SSSR count). The lowest BCUT2D eigenvalue weighted by Gasteiger charge is -2.26. The van der Waals surface area contributed by atoms with E-state index in [1.54, 1.807) is 0 Å². The standard InChI is InChI=1S/C11H21ClO/c1-6-11(5,9-12)7-8-13-10(2,3)4/h6H,1,7-9H2,2-5H3. The van der Waals surface area contributed by atoms with Crippen LogP contribution < -0.4 is 0 Å². The Bertz CT molecular complexity index is 160. The van der Waals surface area contributed by atoms with E-state index in [-0.39, 0.29) is 11.0 Å². The number of hydrogen-bond acceptors (Lipinski definition) is 1. The zero-order valence-corrected chi connectivity index (χ0v) is 9.95. The molecular formula is C11H21ClO. The number of ether oxygens (including phenoxy) is 1. The molecule has 0 aromatic carbocycles. The van der Waals surface area contributed by atoms with Crippen molar-refractivity contribution in [2.75, 3.05) is 12.5 Å². The third kappa shape index (κ3) is 6.11. The molecule has 0 spiro atoms. The Balaban J connectivity index is 3.81. The van der Waals surface area contributed by atoms with Crippen LogP contribution in [0.4, 0.5) is 0 Å². The lowest BCUT2D eigenvalue weighted by Crippen LogP contribution is -2.24. The number of hydrogen-bond donors (Lipinski definition) is 0. The van der Waals surface area contributed by atoms with E-state index in [2.05, 4.69) is 34.3 Å². The predicted octanol–water partition coefficient (Wildman–Crippen LogP) is 3.62. The van der Waals surface area contributed by atoms with Crippen molar-refractivity contribution >= 4 is 11.6 Å². The van der Waals surface area contributed by atoms with Gasteiger partial charge in [-0.15, -0.1) is 18.2 Å². The number of allylic oxidation sites excluding steroid dienone is 1. The van der Waals surface area contributed by atoms with E-state index in [1.165, 1.54) is 0 Å². The molecule has 0 aromatic rings. The molecule has 0 aliphatic carbocycles. The van der Waals surface area contributed by atoms with Crippen molar-refractivity contribution in [3.8, 4) is 0 Å². The zero-order chi connectivity index (χ0) is 10.5. The minimum atomic E-state index is -0.0611. The van der Waals surface area contributed by atoms with Gasteiger partial charge in [-0.1, -0.05) is 13.0 Å². The van der Waals surface area contributed by atoms with Gasteiger partial charge in [-0.05, 0) is 27.2 Å². The van der Waals surface area contributed by atoms with Gasteiger partial charge < -0.3 is 4.74 Å². The van der Waals surface area contributed by atoms with Crippen LogP contribution >= 0.6 is 11.6 Å². The van der Waals surface area contributed by atoms with Gasteiger partial charge in [0.15, 0.2) is 0 Å². The normalized spacial score (nSPS) is 16.7. The van der Waals surface area contributed by atoms with Crippen LogP contribution in [0.2, 0.25) is 0 Å². The Kier molecular flexibility index (Phi) is 5.01. The highest BCUT2D eigenvalue weighted by molar-refractivity contribution is 6.18. The lowest BCUT2D eigenvalue weighted by atomic mass is 9.90. The van der Waals surface area contributed by atoms with Crippen molar-refractivity contribution in [2.24, 2.45) is 5.41 Å². The summed E-state index contributed by atoms with van der Waals surface area (Å²) in [6, 6.07) is 0. The second-order valence-corrected chi connectivity index (χ2v) is 4.97. The van der Waals surface area contributed by atoms with Crippen molar-refractivity contribution in [3.05, 3.63) is 12.7 Å². The molecule has 2 heteroatoms. The second kappa shape index (κ2) is 5.02. The van der Waals surface area contributed by atoms with Crippen molar-refractivity contribution < 1.29 is 4.74 Å². The van der Waals surface area contributed by atoms with E-state index in [0.717, 1.165) is 13.0 Å². The van der Waals surface area contributed by atoms with Crippen LogP contribution in [0.5, 0.6) is 0 Å². The first kappa shape index (κ1) is 13.0. The Morgan fingerprint density at radius 2 is 1.85 bits per heavy atom. The average Bonchev–Trinajstić information content (AvgIpc) is 2.02. The summed E-state index contributed by atoms with van der Waals surface area (Å²) in [5, 5.41) is 0. The summed E-state index contributed by atoms with van der Waals surface area (Å²) in [5.41, 5.74) is -0.0544. The van der Waals surface area contributed by atoms with Gasteiger partial charge in [0.05, 0.1) is 5.60 Å². The molecule has 1 unspecified atom stereocenters. The van der Waals surface area contributed by atoms with Crippen LogP contribution in [0.15, 0.2) is 12.7 Å². The molecule has 1 nitrogen and oxygen atoms in total. The third-order valence-electron chi connectivity index (χ3n) is 2.01. The summed E-state index contributed by atoms with van der Waals surface area (Å²) in [4.78, 5) is 0. The van der Waals surface area contributed by atoms with Crippen molar-refractivity contribution in [2.45, 2.75) is 39.7 Å². The van der Waals surface area contributed by atoms with Gasteiger partial charge >= 0.3 is 0 Å². The summed E-state index contributed by atoms with van der Waals surface area (Å²) < 4.78 is 5.62. The SMILES string of the molecule is C=CC(C)(CCl)CCOC(C)(C)C. The molecular weight excluding hydrogens is 184 g/mol. The van der Waals surface area contributed by atoms with Crippen molar-refractivity contribution in [1.29, 1.82) is 0 Å². The summed E-state index contributed by atoms with van der Waals surface area (Å²) >= 11 is 5.83. The van der Waals surface area contributed by atoms with Gasteiger partial charge in [-0.2, -0.15) is 0 Å². The molecule has 0 saturated heterocycles. The van der Waals surface area contributed by atoms with Gasteiger partial charge in [0.2, 0.25) is 0 Å². The van der Waals surface area contributed by atoms with Gasteiger partial charge in [-0.3, -0.25) is 0 Å². The molecule has 0 aliphatic heterocycles. The van der Waals surface area contributed by atoms with Crippen LogP contribution in [-0.2, 0) is 4.74 Å². The van der Waals surface area contributed by atoms with E-state index < -0.39 is 0 Å². The maximum Gasteiger partial charge on any atom is 0.0598 e. The summed E-state index contributed by atoms with van der Waals surface area (Å²) in [7, 11) is 0. The highest BCUT2D eigenvalue weighted by Gasteiger charge is 2.20. The number of rotatable bonds is 5. The van der Waals surface area contributed by atoms with Crippen LogP contribution in [0, 0.1) is 5.41 Å². The van der Waals surface area contributed by atoms with E-state index >= 15 is 0 Å². The fourth-order valence-corrected chi connectivity index (χ4v) is 1.06. The summed E-state index contributed by atoms with van der Waals surface area (Å²) in [6.07, 6.45) is 2.84. The Labute approximate surface area is 87.1 Å². The van der Waals surface area contributed by atoms with E-state index in [0.29, 0.717) is 5.88 Å². The molecule has 0 aliphatic rings. The molecule has 0 radical (unpaired) electrons. The lowest BCUT2D eigenvalue weighted by molar-refractivity contribution is -0.0116. The smallest absolute Gasteiger partial charge is 0.0598 e. The van der Waals surface area contributed by atoms with Crippen LogP contribution in [0.1, 0.15) is 34.1 Å². The molecule has 0 heterocycles. The molecule has 0 aromatic heterocycles. The van der Waals surface area contributed by atoms with Crippen molar-refractivity contribution in [1.82, 2.24) is 0 Å². The Morgan fingerprint density at radius 1 is 1.31 bits per heavy atom. The van der Waals surface area contributed by atoms with Crippen LogP contribution in [0.25, 0.3) is 0 Å². The maximum atomic E-state index is 5.83. The topological polar surface area (TPSA) is 9.23 Å². The minimum absolute atomic E-state index is 0.00675. The molecule has 0 N–H and O–H groups in total. The average molecular weight is 205 g/mol. The first-order valence-corrected chi connectivity index (χ1v) is 5.20. The fourth-order valence-electron chi connectivity index (χ4n) is 0.814. The van der Waals surface area contributed by atoms with Gasteiger partial charge in [0.25, 0.3) is 0 Å². The fraction of sp³-hybridized carbons (Fsp3) is 0.818. The molecule has 0 bridgehead atoms. The van der Waals surface area contributed by atoms with Gasteiger partial charge in [-0.25, -0.2) is 0 Å². The van der Waals surface area contributed by atoms with E-state index in [4.69, 9.17) is 16.3 Å². The van der Waals surface area contributed by atoms with Crippen LogP contribution in [0.3, 0.4) is 0 Å². The summed E-state index contributed by atoms with van der Waals surface area (Å²) in [5.74, 6) is 0.601. The molecule has 0 fully saturated rings. The predicted molar refractivity (Wildman–Crippen MR) is 59.3 cm³/mol. The van der Waals surface area contributed by atoms with Crippen molar-refractivity contribution in [3.63, 3.8) is 0 Å². The largest absolute Gasteiger partial charge is 0.376 e. The van der Waals surface area contributed by atoms with E-state index in [1.807, 2.05) is 6.08 Å². The van der Waals surface area contributed by atoms with Gasteiger partial charge in [0.1, 0.15) is 0 Å². The highest BCUT2D eigenvalue weighted by atomic mass is 35.5. The Morgan fingerprint density at radius 3 is 2.15 bits per heavy atom. The Hall–Kier alpha value is -0.0100. The first-order chi connectivity index (χ1) is 5.83. The molecule has 1 atom stereocenters. The minimum Gasteiger partial charge on any atom is -0.376 e. The van der Waals surface area contributed by atoms with Crippen LogP contribution in [-0.4, -0.2) is 18.1 Å². The quantitative estimate of drug-likeness (QED) is 0.491. The molecule has 0 saturated carbocycles. The second-order valence-electron chi connectivity index (χ2n) is 4.70. The molecule has 13 heavy (non-hydrogen) atoms. The molecule has 0 amide bonds. The maximum absolute atomic E-state index is 5.83. The molecule has 78 valence electrons. The third-order valence-corrected chi connectivity index (χ3v) is 2.62. The van der Waals surface area contributed by atoms with Gasteiger partial charge in [0, 0.05) is 17.9 Å². The number of halogens is 1. The highest BCUT2D eigenvalue weighted by Crippen LogP contribution is 2.25. The van der Waals surface area contributed by atoms with E-state index in [9.17, 15) is 0 Å². The number of alkyl halides is 1. The monoisotopic (exact) mass is 204 g/mol. The summed E-state index contributed by atoms with van der Waals surface area (Å²) in [6.45, 7) is 12.8. The first-order valence-electron chi connectivity index (χ1n) is 4.66. The zero-order valence-electron chi connectivity index (χ0n) is 9.19.